The molecule has 0 radical (unpaired) electrons. The molecule has 0 bridgehead atoms. The average Bonchev–Trinajstić information content (AvgIpc) is 3.39. The van der Waals surface area contributed by atoms with Gasteiger partial charge in [0.15, 0.2) is 23.3 Å². The van der Waals surface area contributed by atoms with E-state index in [0.29, 0.717) is 16.7 Å². The number of hydrogen-bond acceptors (Lipinski definition) is 7. The molecule has 2 aromatic carbocycles. The van der Waals surface area contributed by atoms with Crippen LogP contribution in [0.15, 0.2) is 40.2 Å². The van der Waals surface area contributed by atoms with Gasteiger partial charge < -0.3 is 9.88 Å². The maximum Gasteiger partial charge on any atom is 0.355 e. The van der Waals surface area contributed by atoms with Crippen LogP contribution in [0.4, 0.5) is 24.8 Å². The maximum absolute atomic E-state index is 13.9. The van der Waals surface area contributed by atoms with Crippen LogP contribution in [-0.2, 0) is 27.2 Å². The number of fused-ring (bicyclic) bond motifs is 1. The van der Waals surface area contributed by atoms with Crippen LogP contribution >= 0.6 is 11.6 Å². The molecule has 1 N–H and O–H groups in total. The molecule has 196 valence electrons. The predicted molar refractivity (Wildman–Crippen MR) is 132 cm³/mol. The van der Waals surface area contributed by atoms with Crippen LogP contribution in [0.5, 0.6) is 0 Å². The lowest BCUT2D eigenvalue weighted by molar-refractivity contribution is 0.444. The number of nitrogens with one attached hydrogen (secondary N) is 1. The zero-order valence-electron chi connectivity index (χ0n) is 20.2. The first kappa shape index (κ1) is 25.2. The number of anilines is 2. The molecule has 0 fully saturated rings. The van der Waals surface area contributed by atoms with Crippen molar-refractivity contribution in [1.82, 2.24) is 38.4 Å². The second kappa shape index (κ2) is 9.45. The summed E-state index contributed by atoms with van der Waals surface area (Å²) >= 11 is 6.44. The van der Waals surface area contributed by atoms with E-state index in [1.807, 2.05) is 11.5 Å². The topological polar surface area (TPSA) is 117 Å². The lowest BCUT2D eigenvalue weighted by Gasteiger charge is -2.16. The zero-order chi connectivity index (χ0) is 27.3. The highest BCUT2D eigenvalue weighted by molar-refractivity contribution is 6.34. The van der Waals surface area contributed by atoms with Crippen LogP contribution in [0.2, 0.25) is 5.02 Å². The first-order chi connectivity index (χ1) is 18.0. The molecule has 0 aliphatic carbocycles. The fourth-order valence-corrected chi connectivity index (χ4v) is 4.14. The minimum Gasteiger partial charge on any atom is -0.331 e. The Morgan fingerprint density at radius 2 is 1.68 bits per heavy atom. The molecule has 38 heavy (non-hydrogen) atoms. The molecule has 0 unspecified atom stereocenters. The van der Waals surface area contributed by atoms with Crippen molar-refractivity contribution < 1.29 is 13.2 Å². The Balaban J connectivity index is 1.65. The fourth-order valence-electron chi connectivity index (χ4n) is 3.93. The zero-order valence-corrected chi connectivity index (χ0v) is 21.0. The summed E-state index contributed by atoms with van der Waals surface area (Å²) in [5.74, 6) is -3.86. The highest BCUT2D eigenvalue weighted by Crippen LogP contribution is 2.30. The highest BCUT2D eigenvalue weighted by atomic mass is 35.5. The fraction of sp³-hybridized carbons (Fsp3) is 0.217. The number of hydrogen-bond donors (Lipinski definition) is 1. The number of nitrogens with zero attached hydrogens (tertiary/aromatic N) is 8. The first-order valence-electron chi connectivity index (χ1n) is 11.1. The van der Waals surface area contributed by atoms with Crippen LogP contribution in [0, 0.1) is 24.4 Å². The Kier molecular flexibility index (Phi) is 6.26. The van der Waals surface area contributed by atoms with Crippen molar-refractivity contribution >= 4 is 34.3 Å². The second-order valence-electron chi connectivity index (χ2n) is 8.54. The summed E-state index contributed by atoms with van der Waals surface area (Å²) in [5.41, 5.74) is -0.256. The maximum atomic E-state index is 13.9. The lowest BCUT2D eigenvalue weighted by Crippen LogP contribution is -2.43. The van der Waals surface area contributed by atoms with Gasteiger partial charge in [0.05, 0.1) is 34.8 Å². The van der Waals surface area contributed by atoms with Crippen LogP contribution in [-0.4, -0.2) is 38.4 Å². The minimum absolute atomic E-state index is 0.0849. The van der Waals surface area contributed by atoms with E-state index in [-0.39, 0.29) is 28.9 Å². The Morgan fingerprint density at radius 3 is 2.34 bits per heavy atom. The molecule has 0 spiro atoms. The quantitative estimate of drug-likeness (QED) is 0.326. The molecule has 5 aromatic rings. The number of halogens is 4. The van der Waals surface area contributed by atoms with Gasteiger partial charge in [0, 0.05) is 14.1 Å². The van der Waals surface area contributed by atoms with Gasteiger partial charge in [0.2, 0.25) is 5.95 Å². The largest absolute Gasteiger partial charge is 0.355 e. The Hall–Kier alpha value is -4.46. The van der Waals surface area contributed by atoms with Crippen LogP contribution < -0.4 is 16.7 Å². The van der Waals surface area contributed by atoms with E-state index in [1.165, 1.54) is 11.0 Å². The van der Waals surface area contributed by atoms with E-state index in [0.717, 1.165) is 27.1 Å². The van der Waals surface area contributed by atoms with Crippen molar-refractivity contribution in [2.24, 2.45) is 14.1 Å². The van der Waals surface area contributed by atoms with E-state index < -0.39 is 35.4 Å². The molecular weight excluding hydrogens is 527 g/mol. The molecular formula is C23H19ClF3N9O2. The summed E-state index contributed by atoms with van der Waals surface area (Å²) in [7, 11) is 3.42. The van der Waals surface area contributed by atoms with Gasteiger partial charge in [-0.2, -0.15) is 10.1 Å². The van der Waals surface area contributed by atoms with Crippen molar-refractivity contribution in [2.75, 3.05) is 5.32 Å². The van der Waals surface area contributed by atoms with Gasteiger partial charge in [-0.25, -0.2) is 37.3 Å². The standard InChI is InChI=1S/C23H19ClF3N9O2/c1-11-29-17-6-13(24)16(7-18(17)34(11)3)30-21-31-22(37)36(9-19-28-10-33(2)32-19)23(38)35(21)8-12-4-14(25)20(27)15(26)5-12/h4-7,10H,8-9H2,1-3H3,(H,30,31,37). The summed E-state index contributed by atoms with van der Waals surface area (Å²) in [6, 6.07) is 4.77. The van der Waals surface area contributed by atoms with Gasteiger partial charge in [-0.1, -0.05) is 11.6 Å². The number of imidazole rings is 1. The minimum atomic E-state index is -1.64. The molecule has 3 aromatic heterocycles. The lowest BCUT2D eigenvalue weighted by atomic mass is 10.2. The van der Waals surface area contributed by atoms with Crippen molar-refractivity contribution in [3.8, 4) is 0 Å². The summed E-state index contributed by atoms with van der Waals surface area (Å²) in [5, 5.41) is 7.16. The van der Waals surface area contributed by atoms with Gasteiger partial charge in [0.1, 0.15) is 12.2 Å². The average molecular weight is 546 g/mol. The molecule has 0 aliphatic rings. The summed E-state index contributed by atoms with van der Waals surface area (Å²) in [6.45, 7) is 1.05. The van der Waals surface area contributed by atoms with Crippen LogP contribution in [0.1, 0.15) is 17.2 Å². The van der Waals surface area contributed by atoms with Crippen LogP contribution in [0.25, 0.3) is 11.0 Å². The van der Waals surface area contributed by atoms with Gasteiger partial charge in [-0.05, 0) is 36.8 Å². The van der Waals surface area contributed by atoms with Gasteiger partial charge >= 0.3 is 11.4 Å². The van der Waals surface area contributed by atoms with Crippen molar-refractivity contribution in [1.29, 1.82) is 0 Å². The van der Waals surface area contributed by atoms with Gasteiger partial charge in [-0.3, -0.25) is 9.25 Å². The summed E-state index contributed by atoms with van der Waals surface area (Å²) < 4.78 is 46.4. The van der Waals surface area contributed by atoms with Crippen LogP contribution in [0.3, 0.4) is 0 Å². The number of aryl methyl sites for hydroxylation is 3. The van der Waals surface area contributed by atoms with Crippen molar-refractivity contribution in [3.63, 3.8) is 0 Å². The second-order valence-corrected chi connectivity index (χ2v) is 8.95. The van der Waals surface area contributed by atoms with Crippen molar-refractivity contribution in [2.45, 2.75) is 20.0 Å². The molecule has 0 amide bonds. The van der Waals surface area contributed by atoms with E-state index >= 15 is 0 Å². The molecule has 0 saturated heterocycles. The van der Waals surface area contributed by atoms with E-state index in [4.69, 9.17) is 11.6 Å². The Morgan fingerprint density at radius 1 is 0.974 bits per heavy atom. The summed E-state index contributed by atoms with van der Waals surface area (Å²) in [6.07, 6.45) is 1.39. The Bertz CT molecular complexity index is 1820. The van der Waals surface area contributed by atoms with Gasteiger partial charge in [-0.15, -0.1) is 0 Å². The first-order valence-corrected chi connectivity index (χ1v) is 11.5. The molecule has 11 nitrogen and oxygen atoms in total. The molecule has 0 aliphatic heterocycles. The molecule has 0 atom stereocenters. The molecule has 0 saturated carbocycles. The molecule has 15 heteroatoms. The van der Waals surface area contributed by atoms with E-state index in [1.54, 1.807) is 26.2 Å². The smallest absolute Gasteiger partial charge is 0.331 e. The third-order valence-electron chi connectivity index (χ3n) is 5.92. The summed E-state index contributed by atoms with van der Waals surface area (Å²) in [4.78, 5) is 38.8. The normalized spacial score (nSPS) is 11.4. The van der Waals surface area contributed by atoms with Crippen molar-refractivity contribution in [3.05, 3.63) is 91.2 Å². The highest BCUT2D eigenvalue weighted by Gasteiger charge is 2.19. The predicted octanol–water partition coefficient (Wildman–Crippen LogP) is 2.64. The third-order valence-corrected chi connectivity index (χ3v) is 6.23. The van der Waals surface area contributed by atoms with Gasteiger partial charge in [0.25, 0.3) is 0 Å². The van der Waals surface area contributed by atoms with E-state index in [2.05, 4.69) is 25.4 Å². The number of benzene rings is 2. The third kappa shape index (κ3) is 4.53. The Labute approximate surface area is 216 Å². The monoisotopic (exact) mass is 545 g/mol. The SMILES string of the molecule is Cc1nc2cc(Cl)c(Nc3nc(=O)n(Cc4ncn(C)n4)c(=O)n3Cc3cc(F)c(F)c(F)c3)cc2n1C. The molecule has 5 rings (SSSR count). The number of aromatic nitrogens is 8. The number of rotatable bonds is 6. The van der Waals surface area contributed by atoms with E-state index in [9.17, 15) is 22.8 Å². The molecule has 3 heterocycles.